The summed E-state index contributed by atoms with van der Waals surface area (Å²) < 4.78 is 66.1. The molecule has 4 aromatic carbocycles. The molecule has 5 rings (SSSR count). The number of nitriles is 1. The maximum Gasteiger partial charge on any atom is 0.419 e. The second-order valence-corrected chi connectivity index (χ2v) is 13.7. The lowest BCUT2D eigenvalue weighted by molar-refractivity contribution is -0.139. The third-order valence-corrected chi connectivity index (χ3v) is 9.55. The van der Waals surface area contributed by atoms with Gasteiger partial charge in [-0.05, 0) is 65.4 Å². The largest absolute Gasteiger partial charge is 0.496 e. The second kappa shape index (κ2) is 19.9. The topological polar surface area (TPSA) is 172 Å². The summed E-state index contributed by atoms with van der Waals surface area (Å²) in [7, 11) is 1.31. The Morgan fingerprint density at radius 2 is 1.29 bits per heavy atom. The first-order valence-corrected chi connectivity index (χ1v) is 18.4. The number of ether oxygens (including phenoxy) is 4. The molecule has 0 atom stereocenters. The fourth-order valence-electron chi connectivity index (χ4n) is 6.21. The first kappa shape index (κ1) is 43.8. The van der Waals surface area contributed by atoms with Gasteiger partial charge >= 0.3 is 18.1 Å². The number of hydrogen-bond donors (Lipinski definition) is 4. The van der Waals surface area contributed by atoms with Crippen LogP contribution in [0.2, 0.25) is 5.02 Å². The van der Waals surface area contributed by atoms with Gasteiger partial charge in [-0.15, -0.1) is 0 Å². The molecule has 59 heavy (non-hydrogen) atoms. The van der Waals surface area contributed by atoms with Crippen LogP contribution >= 0.6 is 11.6 Å². The minimum Gasteiger partial charge on any atom is -0.496 e. The lowest BCUT2D eigenvalue weighted by atomic mass is 9.92. The molecule has 0 aliphatic rings. The molecule has 0 aliphatic carbocycles. The van der Waals surface area contributed by atoms with Gasteiger partial charge in [-0.25, -0.2) is 0 Å². The van der Waals surface area contributed by atoms with E-state index in [9.17, 15) is 28.0 Å². The van der Waals surface area contributed by atoms with Crippen molar-refractivity contribution in [3.05, 3.63) is 134 Å². The Hall–Kier alpha value is -6.34. The number of carboxylic acids is 2. The fourth-order valence-corrected chi connectivity index (χ4v) is 6.45. The van der Waals surface area contributed by atoms with Crippen molar-refractivity contribution in [1.29, 1.82) is 5.26 Å². The SMILES string of the molecule is COc1cc(OCc2cccc(-c3cccc(COc4cc(OCc5cncc(C#N)c5)c(CNCC(=O)O)cc4Cl)c3C)c2C)c(C(F)(F)F)cc1CNCC(=O)O. The van der Waals surface area contributed by atoms with Gasteiger partial charge in [0.1, 0.15) is 48.9 Å². The summed E-state index contributed by atoms with van der Waals surface area (Å²) in [5, 5.41) is 33.0. The van der Waals surface area contributed by atoms with Crippen molar-refractivity contribution in [1.82, 2.24) is 15.6 Å². The first-order chi connectivity index (χ1) is 28.2. The number of aromatic nitrogens is 1. The Morgan fingerprint density at radius 1 is 0.746 bits per heavy atom. The van der Waals surface area contributed by atoms with E-state index < -0.39 is 36.0 Å². The van der Waals surface area contributed by atoms with Gasteiger partial charge in [0, 0.05) is 54.3 Å². The third-order valence-electron chi connectivity index (χ3n) is 9.25. The highest BCUT2D eigenvalue weighted by atomic mass is 35.5. The molecular formula is C43H40ClF3N4O8. The predicted octanol–water partition coefficient (Wildman–Crippen LogP) is 8.00. The third kappa shape index (κ3) is 11.6. The molecule has 0 saturated heterocycles. The van der Waals surface area contributed by atoms with Gasteiger partial charge in [-0.1, -0.05) is 48.0 Å². The summed E-state index contributed by atoms with van der Waals surface area (Å²) in [5.74, 6) is -1.81. The summed E-state index contributed by atoms with van der Waals surface area (Å²) in [6, 6.07) is 20.2. The smallest absolute Gasteiger partial charge is 0.419 e. The molecule has 1 aromatic heterocycles. The van der Waals surface area contributed by atoms with Crippen LogP contribution in [0.25, 0.3) is 11.1 Å². The van der Waals surface area contributed by atoms with Gasteiger partial charge in [0.05, 0.1) is 36.3 Å². The van der Waals surface area contributed by atoms with Crippen LogP contribution in [0.5, 0.6) is 23.0 Å². The van der Waals surface area contributed by atoms with Gasteiger partial charge < -0.3 is 39.8 Å². The van der Waals surface area contributed by atoms with Crippen LogP contribution in [0, 0.1) is 25.2 Å². The Kier molecular flexibility index (Phi) is 14.8. The molecule has 4 N–H and O–H groups in total. The molecular weight excluding hydrogens is 793 g/mol. The predicted molar refractivity (Wildman–Crippen MR) is 211 cm³/mol. The Bertz CT molecular complexity index is 2370. The molecule has 0 saturated carbocycles. The number of pyridine rings is 1. The van der Waals surface area contributed by atoms with Crippen molar-refractivity contribution in [3.8, 4) is 40.2 Å². The van der Waals surface area contributed by atoms with E-state index in [1.54, 1.807) is 36.5 Å². The standard InChI is InChI=1S/C43H40ClF3N4O8/c1-25-29(23-58-39-13-37(56-3)31(18-50-20-41(52)53)11-35(39)43(45,46)47)6-4-8-33(25)34-9-5-7-30(26(34)2)24-59-40-14-38(32(12-36(40)44)19-51-21-42(54)55)57-22-28-10-27(15-48)16-49-17-28/h4-14,16-17,50-51H,18-24H2,1-3H3,(H,52,53)(H,54,55). The zero-order chi connectivity index (χ0) is 42.7. The number of methoxy groups -OCH3 is 1. The number of carbonyl (C=O) groups is 2. The minimum absolute atomic E-state index is 0.0675. The Balaban J connectivity index is 1.36. The maximum absolute atomic E-state index is 14.2. The van der Waals surface area contributed by atoms with Gasteiger partial charge in [0.15, 0.2) is 0 Å². The van der Waals surface area contributed by atoms with E-state index in [4.69, 9.17) is 40.8 Å². The number of aliphatic carboxylic acids is 2. The number of carboxylic acid groups (broad SMARTS) is 2. The maximum atomic E-state index is 14.2. The van der Waals surface area contributed by atoms with E-state index in [1.165, 1.54) is 13.3 Å². The zero-order valence-corrected chi connectivity index (χ0v) is 33.0. The van der Waals surface area contributed by atoms with Crippen molar-refractivity contribution < 1.29 is 51.9 Å². The van der Waals surface area contributed by atoms with Crippen LogP contribution in [-0.2, 0) is 48.7 Å². The van der Waals surface area contributed by atoms with E-state index in [0.717, 1.165) is 39.9 Å². The molecule has 16 heteroatoms. The summed E-state index contributed by atoms with van der Waals surface area (Å²) in [5.41, 5.74) is 5.56. The van der Waals surface area contributed by atoms with Gasteiger partial charge in [0.2, 0.25) is 0 Å². The van der Waals surface area contributed by atoms with Crippen LogP contribution in [0.4, 0.5) is 13.2 Å². The van der Waals surface area contributed by atoms with Gasteiger partial charge in [-0.3, -0.25) is 14.6 Å². The van der Waals surface area contributed by atoms with Gasteiger partial charge in [-0.2, -0.15) is 18.4 Å². The van der Waals surface area contributed by atoms with Crippen LogP contribution in [0.3, 0.4) is 0 Å². The van der Waals surface area contributed by atoms with Crippen LogP contribution < -0.4 is 29.6 Å². The molecule has 12 nitrogen and oxygen atoms in total. The zero-order valence-electron chi connectivity index (χ0n) is 32.2. The lowest BCUT2D eigenvalue weighted by Gasteiger charge is -2.20. The second-order valence-electron chi connectivity index (χ2n) is 13.3. The monoisotopic (exact) mass is 832 g/mol. The van der Waals surface area contributed by atoms with Crippen LogP contribution in [-0.4, -0.2) is 47.3 Å². The van der Waals surface area contributed by atoms with E-state index >= 15 is 0 Å². The normalized spacial score (nSPS) is 11.2. The molecule has 0 fully saturated rings. The van der Waals surface area contributed by atoms with Crippen LogP contribution in [0.15, 0.2) is 79.1 Å². The molecule has 0 radical (unpaired) electrons. The number of nitrogens with zero attached hydrogens (tertiary/aromatic N) is 2. The minimum atomic E-state index is -4.76. The Morgan fingerprint density at radius 3 is 1.83 bits per heavy atom. The van der Waals surface area contributed by atoms with E-state index in [1.807, 2.05) is 44.2 Å². The highest BCUT2D eigenvalue weighted by Gasteiger charge is 2.36. The number of hydrogen-bond acceptors (Lipinski definition) is 10. The number of rotatable bonds is 19. The molecule has 308 valence electrons. The van der Waals surface area contributed by atoms with E-state index in [-0.39, 0.29) is 55.8 Å². The summed E-state index contributed by atoms with van der Waals surface area (Å²) >= 11 is 6.66. The van der Waals surface area contributed by atoms with Crippen molar-refractivity contribution >= 4 is 23.5 Å². The number of benzene rings is 4. The van der Waals surface area contributed by atoms with E-state index in [0.29, 0.717) is 33.8 Å². The van der Waals surface area contributed by atoms with Crippen molar-refractivity contribution in [3.63, 3.8) is 0 Å². The summed E-state index contributed by atoms with van der Waals surface area (Å²) in [4.78, 5) is 26.1. The number of halogens is 4. The molecule has 0 unspecified atom stereocenters. The fraction of sp³-hybridized carbons (Fsp3) is 0.256. The van der Waals surface area contributed by atoms with Crippen molar-refractivity contribution in [2.24, 2.45) is 0 Å². The quantitative estimate of drug-likeness (QED) is 0.0633. The average molecular weight is 833 g/mol. The first-order valence-electron chi connectivity index (χ1n) is 18.0. The molecule has 0 bridgehead atoms. The Labute approximate surface area is 343 Å². The summed E-state index contributed by atoms with van der Waals surface area (Å²) in [6.45, 7) is 3.03. The van der Waals surface area contributed by atoms with E-state index in [2.05, 4.69) is 15.6 Å². The molecule has 0 aliphatic heterocycles. The number of alkyl halides is 3. The molecule has 5 aromatic rings. The average Bonchev–Trinajstić information content (AvgIpc) is 3.19. The molecule has 0 spiro atoms. The highest BCUT2D eigenvalue weighted by Crippen LogP contribution is 2.41. The van der Waals surface area contributed by atoms with Gasteiger partial charge in [0.25, 0.3) is 0 Å². The number of nitrogens with one attached hydrogen (secondary N) is 2. The molecule has 1 heterocycles. The molecule has 0 amide bonds. The van der Waals surface area contributed by atoms with Crippen molar-refractivity contribution in [2.75, 3.05) is 20.2 Å². The van der Waals surface area contributed by atoms with Crippen LogP contribution in [0.1, 0.15) is 50.1 Å². The lowest BCUT2D eigenvalue weighted by Crippen LogP contribution is -2.22. The van der Waals surface area contributed by atoms with Crippen molar-refractivity contribution in [2.45, 2.75) is 52.9 Å². The highest BCUT2D eigenvalue weighted by molar-refractivity contribution is 6.32. The summed E-state index contributed by atoms with van der Waals surface area (Å²) in [6.07, 6.45) is -1.75.